The molecule has 0 bridgehead atoms. The number of benzene rings is 2. The molecule has 2 aromatic carbocycles. The van der Waals surface area contributed by atoms with Crippen LogP contribution in [0.2, 0.25) is 0 Å². The summed E-state index contributed by atoms with van der Waals surface area (Å²) in [5.41, 5.74) is 2.23. The number of hydrogen-bond acceptors (Lipinski definition) is 8. The Balaban J connectivity index is 0.00000112. The fourth-order valence-electron chi connectivity index (χ4n) is 7.20. The zero-order valence-electron chi connectivity index (χ0n) is 37.3. The third-order valence-corrected chi connectivity index (χ3v) is 10.9. The summed E-state index contributed by atoms with van der Waals surface area (Å²) in [4.78, 5) is 21.6. The minimum Gasteiger partial charge on any atom is -0.550 e. The third kappa shape index (κ3) is 38.2. The van der Waals surface area contributed by atoms with Gasteiger partial charge in [0.2, 0.25) is 0 Å². The Morgan fingerprint density at radius 1 is 0.458 bits per heavy atom. The Labute approximate surface area is 400 Å². The fourth-order valence-corrected chi connectivity index (χ4v) is 7.20. The average molecular weight is 949 g/mol. The van der Waals surface area contributed by atoms with Crippen LogP contribution in [0, 0.1) is 0 Å². The molecular formula is C50H82BaO8. The van der Waals surface area contributed by atoms with Crippen molar-refractivity contribution < 1.29 is 39.5 Å². The van der Waals surface area contributed by atoms with Crippen LogP contribution in [0.5, 0.6) is 0 Å². The van der Waals surface area contributed by atoms with E-state index in [1.165, 1.54) is 51.4 Å². The summed E-state index contributed by atoms with van der Waals surface area (Å²) in [6, 6.07) is 20.0. The van der Waals surface area contributed by atoms with Crippen LogP contribution in [0.3, 0.4) is 0 Å². The zero-order chi connectivity index (χ0) is 42.3. The molecule has 0 fully saturated rings. The van der Waals surface area contributed by atoms with Crippen LogP contribution >= 0.6 is 0 Å². The number of aliphatic hydroxyl groups excluding tert-OH is 2. The zero-order valence-corrected chi connectivity index (χ0v) is 41.8. The largest absolute Gasteiger partial charge is 2.00 e. The van der Waals surface area contributed by atoms with Gasteiger partial charge >= 0.3 is 48.9 Å². The van der Waals surface area contributed by atoms with Crippen LogP contribution in [0.25, 0.3) is 0 Å². The second kappa shape index (κ2) is 42.1. The summed E-state index contributed by atoms with van der Waals surface area (Å²) in [5, 5.41) is 41.3. The van der Waals surface area contributed by atoms with Crippen molar-refractivity contribution in [2.75, 3.05) is 0 Å². The van der Waals surface area contributed by atoms with Crippen molar-refractivity contribution in [3.63, 3.8) is 0 Å². The van der Waals surface area contributed by atoms with Gasteiger partial charge in [0.05, 0.1) is 37.6 Å². The quantitative estimate of drug-likeness (QED) is 0.0501. The number of aliphatic carboxylic acids is 2. The molecule has 0 saturated heterocycles. The van der Waals surface area contributed by atoms with Gasteiger partial charge in [-0.1, -0.05) is 190 Å². The van der Waals surface area contributed by atoms with Crippen molar-refractivity contribution in [1.29, 1.82) is 0 Å². The molecule has 0 aliphatic heterocycles. The predicted molar refractivity (Wildman–Crippen MR) is 238 cm³/mol. The maximum atomic E-state index is 10.8. The second-order valence-electron chi connectivity index (χ2n) is 16.4. The molecule has 4 unspecified atom stereocenters. The average Bonchev–Trinajstić information content (AvgIpc) is 3.23. The van der Waals surface area contributed by atoms with Gasteiger partial charge in [0.15, 0.2) is 0 Å². The van der Waals surface area contributed by atoms with Crippen molar-refractivity contribution in [3.05, 3.63) is 71.8 Å². The number of hydrogen-bond donors (Lipinski definition) is 2. The first-order valence-electron chi connectivity index (χ1n) is 23.3. The summed E-state index contributed by atoms with van der Waals surface area (Å²) in [6.07, 6.45) is 27.6. The minimum absolute atomic E-state index is 0. The Morgan fingerprint density at radius 3 is 1.05 bits per heavy atom. The van der Waals surface area contributed by atoms with Crippen molar-refractivity contribution in [2.45, 2.75) is 231 Å². The second-order valence-corrected chi connectivity index (χ2v) is 16.4. The molecular weight excluding hydrogens is 866 g/mol. The van der Waals surface area contributed by atoms with Gasteiger partial charge in [-0.2, -0.15) is 0 Å². The SMILES string of the molecule is CCCCC(O)CCCCCCCCCC(CCC(=O)[O-])OCc1ccccc1.CCCCC(O)CCCCCCCCCC(CCC(=O)[O-])OCc1ccccc1.[Ba+2]. The Morgan fingerprint density at radius 2 is 0.746 bits per heavy atom. The number of carbonyl (C=O) groups excluding carboxylic acids is 2. The molecule has 2 aromatic rings. The number of carboxylic acid groups (broad SMARTS) is 2. The molecule has 0 aliphatic rings. The smallest absolute Gasteiger partial charge is 0.550 e. The Hall–Kier alpha value is -1.21. The van der Waals surface area contributed by atoms with Crippen molar-refractivity contribution in [1.82, 2.24) is 0 Å². The van der Waals surface area contributed by atoms with E-state index in [9.17, 15) is 30.0 Å². The van der Waals surface area contributed by atoms with Crippen LogP contribution in [-0.4, -0.2) is 95.4 Å². The standard InChI is InChI=1S/2C25H42O4.Ba/c2*1-2-3-16-23(26)17-12-7-5-4-6-8-13-18-24(19-20-25(27)28)29-21-22-14-10-9-11-15-22;/h2*9-11,14-15,23-24,26H,2-8,12-13,16-21H2,1H3,(H,27,28);/q;;+2/p-2. The maximum Gasteiger partial charge on any atom is 2.00 e. The van der Waals surface area contributed by atoms with Crippen molar-refractivity contribution in [2.24, 2.45) is 0 Å². The van der Waals surface area contributed by atoms with E-state index in [-0.39, 0.29) is 86.1 Å². The molecule has 0 heterocycles. The Bertz CT molecular complexity index is 1110. The van der Waals surface area contributed by atoms with Gasteiger partial charge in [0, 0.05) is 11.9 Å². The number of aliphatic hydroxyl groups is 2. The first-order chi connectivity index (χ1) is 28.2. The first kappa shape index (κ1) is 57.8. The van der Waals surface area contributed by atoms with Gasteiger partial charge in [-0.15, -0.1) is 0 Å². The molecule has 0 amide bonds. The van der Waals surface area contributed by atoms with Gasteiger partial charge in [0.25, 0.3) is 0 Å². The number of carbonyl (C=O) groups is 2. The van der Waals surface area contributed by atoms with Gasteiger partial charge in [-0.25, -0.2) is 0 Å². The van der Waals surface area contributed by atoms with E-state index in [0.717, 1.165) is 114 Å². The summed E-state index contributed by atoms with van der Waals surface area (Å²) < 4.78 is 11.9. The molecule has 0 spiro atoms. The minimum atomic E-state index is -1.00. The molecule has 0 saturated carbocycles. The van der Waals surface area contributed by atoms with Gasteiger partial charge in [0.1, 0.15) is 0 Å². The predicted octanol–water partition coefficient (Wildman–Crippen LogP) is 9.95. The molecule has 4 atom stereocenters. The first-order valence-corrected chi connectivity index (χ1v) is 23.3. The molecule has 8 nitrogen and oxygen atoms in total. The Kier molecular flexibility index (Phi) is 41.2. The fraction of sp³-hybridized carbons (Fsp3) is 0.720. The molecule has 0 radical (unpaired) electrons. The van der Waals surface area contributed by atoms with Gasteiger partial charge < -0.3 is 39.5 Å². The van der Waals surface area contributed by atoms with E-state index in [4.69, 9.17) is 9.47 Å². The molecule has 0 aliphatic carbocycles. The number of unbranched alkanes of at least 4 members (excludes halogenated alkanes) is 14. The molecule has 2 rings (SSSR count). The summed E-state index contributed by atoms with van der Waals surface area (Å²) in [5.74, 6) is -2.00. The van der Waals surface area contributed by atoms with Gasteiger partial charge in [-0.3, -0.25) is 0 Å². The van der Waals surface area contributed by atoms with Crippen molar-refractivity contribution >= 4 is 60.8 Å². The molecule has 332 valence electrons. The monoisotopic (exact) mass is 949 g/mol. The van der Waals surface area contributed by atoms with E-state index in [0.29, 0.717) is 26.1 Å². The van der Waals surface area contributed by atoms with Gasteiger partial charge in [-0.05, 0) is 75.3 Å². The van der Waals surface area contributed by atoms with E-state index in [2.05, 4.69) is 13.8 Å². The van der Waals surface area contributed by atoms with Crippen LogP contribution in [0.15, 0.2) is 60.7 Å². The van der Waals surface area contributed by atoms with E-state index in [1.54, 1.807) is 0 Å². The summed E-state index contributed by atoms with van der Waals surface area (Å²) >= 11 is 0. The van der Waals surface area contributed by atoms with Crippen LogP contribution < -0.4 is 10.2 Å². The third-order valence-electron chi connectivity index (χ3n) is 10.9. The molecule has 9 heteroatoms. The topological polar surface area (TPSA) is 139 Å². The molecule has 0 aromatic heterocycles. The molecule has 2 N–H and O–H groups in total. The van der Waals surface area contributed by atoms with Crippen LogP contribution in [-0.2, 0) is 32.3 Å². The van der Waals surface area contributed by atoms with Crippen LogP contribution in [0.4, 0.5) is 0 Å². The van der Waals surface area contributed by atoms with Crippen molar-refractivity contribution in [3.8, 4) is 0 Å². The summed E-state index contributed by atoms with van der Waals surface area (Å²) in [6.45, 7) is 5.38. The van der Waals surface area contributed by atoms with E-state index in [1.807, 2.05) is 60.7 Å². The van der Waals surface area contributed by atoms with E-state index < -0.39 is 11.9 Å². The van der Waals surface area contributed by atoms with E-state index >= 15 is 0 Å². The molecule has 59 heavy (non-hydrogen) atoms. The number of rotatable bonds is 38. The summed E-state index contributed by atoms with van der Waals surface area (Å²) in [7, 11) is 0. The number of carboxylic acids is 2. The number of ether oxygens (including phenoxy) is 2. The maximum absolute atomic E-state index is 10.8. The van der Waals surface area contributed by atoms with Crippen LogP contribution in [0.1, 0.15) is 205 Å². The normalized spacial score (nSPS) is 13.1.